The summed E-state index contributed by atoms with van der Waals surface area (Å²) in [6.07, 6.45) is 8.58. The van der Waals surface area contributed by atoms with Gasteiger partial charge in [-0.3, -0.25) is 9.59 Å². The van der Waals surface area contributed by atoms with Gasteiger partial charge >= 0.3 is 0 Å². The average Bonchev–Trinajstić information content (AvgIpc) is 3.14. The van der Waals surface area contributed by atoms with Crippen LogP contribution in [0.2, 0.25) is 0 Å². The molecule has 1 fully saturated rings. The van der Waals surface area contributed by atoms with Crippen molar-refractivity contribution in [2.24, 2.45) is 11.7 Å². The number of hydrogen-bond acceptors (Lipinski definition) is 5. The Bertz CT molecular complexity index is 714. The van der Waals surface area contributed by atoms with Crippen molar-refractivity contribution < 1.29 is 18.4 Å². The van der Waals surface area contributed by atoms with Crippen LogP contribution in [-0.4, -0.2) is 53.5 Å². The van der Waals surface area contributed by atoms with Gasteiger partial charge in [0.1, 0.15) is 12.4 Å². The van der Waals surface area contributed by atoms with Crippen molar-refractivity contribution >= 4 is 11.8 Å². The Hall–Kier alpha value is -2.22. The van der Waals surface area contributed by atoms with E-state index < -0.39 is 12.2 Å². The van der Waals surface area contributed by atoms with Gasteiger partial charge in [-0.15, -0.1) is 0 Å². The lowest BCUT2D eigenvalue weighted by Gasteiger charge is -2.36. The number of nitrogens with zero attached hydrogens (tertiary/aromatic N) is 2. The second-order valence-electron chi connectivity index (χ2n) is 7.80. The number of alkyl halides is 1. The SMILES string of the molecule is CC1CC=CCC1c1nc(C(=O)NCCCCC(N)C(=O)N2CC(F)C2)co1. The first-order valence-corrected chi connectivity index (χ1v) is 10.0. The molecular formula is C20H29FN4O3. The molecule has 3 unspecified atom stereocenters. The normalized spacial score (nSPS) is 23.3. The number of amides is 2. The van der Waals surface area contributed by atoms with E-state index in [1.165, 1.54) is 11.2 Å². The van der Waals surface area contributed by atoms with E-state index in [4.69, 9.17) is 10.2 Å². The fourth-order valence-corrected chi connectivity index (χ4v) is 3.60. The summed E-state index contributed by atoms with van der Waals surface area (Å²) in [5, 5.41) is 2.82. The molecule has 3 N–H and O–H groups in total. The van der Waals surface area contributed by atoms with E-state index in [0.717, 1.165) is 12.8 Å². The lowest BCUT2D eigenvalue weighted by atomic mass is 9.84. The van der Waals surface area contributed by atoms with Crippen LogP contribution >= 0.6 is 0 Å². The Kier molecular flexibility index (Phi) is 6.83. The van der Waals surface area contributed by atoms with E-state index >= 15 is 0 Å². The summed E-state index contributed by atoms with van der Waals surface area (Å²) in [5.41, 5.74) is 6.16. The number of aromatic nitrogens is 1. The lowest BCUT2D eigenvalue weighted by molar-refractivity contribution is -0.139. The summed E-state index contributed by atoms with van der Waals surface area (Å²) in [4.78, 5) is 30.0. The second kappa shape index (κ2) is 9.32. The molecule has 28 heavy (non-hydrogen) atoms. The quantitative estimate of drug-likeness (QED) is 0.521. The van der Waals surface area contributed by atoms with Crippen LogP contribution in [0, 0.1) is 5.92 Å². The molecule has 7 nitrogen and oxygen atoms in total. The summed E-state index contributed by atoms with van der Waals surface area (Å²) in [7, 11) is 0. The van der Waals surface area contributed by atoms with Crippen LogP contribution in [-0.2, 0) is 4.79 Å². The second-order valence-corrected chi connectivity index (χ2v) is 7.80. The van der Waals surface area contributed by atoms with Gasteiger partial charge < -0.3 is 20.4 Å². The fourth-order valence-electron chi connectivity index (χ4n) is 3.60. The number of oxazole rings is 1. The molecule has 0 aromatic carbocycles. The van der Waals surface area contributed by atoms with Gasteiger partial charge in [-0.2, -0.15) is 0 Å². The summed E-state index contributed by atoms with van der Waals surface area (Å²) in [6, 6.07) is -0.604. The molecule has 1 aliphatic heterocycles. The molecule has 3 rings (SSSR count). The number of halogens is 1. The van der Waals surface area contributed by atoms with E-state index in [-0.39, 0.29) is 30.8 Å². The predicted molar refractivity (Wildman–Crippen MR) is 102 cm³/mol. The number of carbonyl (C=O) groups is 2. The highest BCUT2D eigenvalue weighted by Crippen LogP contribution is 2.33. The van der Waals surface area contributed by atoms with Gasteiger partial charge in [-0.25, -0.2) is 9.37 Å². The first kappa shape index (κ1) is 20.5. The summed E-state index contributed by atoms with van der Waals surface area (Å²) < 4.78 is 18.3. The molecule has 154 valence electrons. The fraction of sp³-hybridized carbons (Fsp3) is 0.650. The zero-order valence-corrected chi connectivity index (χ0v) is 16.3. The van der Waals surface area contributed by atoms with Crippen molar-refractivity contribution in [2.45, 2.75) is 57.2 Å². The third-order valence-electron chi connectivity index (χ3n) is 5.52. The zero-order valence-electron chi connectivity index (χ0n) is 16.3. The van der Waals surface area contributed by atoms with Gasteiger partial charge in [0.25, 0.3) is 5.91 Å². The molecule has 8 heteroatoms. The minimum Gasteiger partial charge on any atom is -0.448 e. The van der Waals surface area contributed by atoms with Crippen LogP contribution in [0.1, 0.15) is 61.3 Å². The van der Waals surface area contributed by atoms with Crippen LogP contribution < -0.4 is 11.1 Å². The molecule has 0 bridgehead atoms. The summed E-state index contributed by atoms with van der Waals surface area (Å²) in [6.45, 7) is 2.93. The van der Waals surface area contributed by atoms with Crippen LogP contribution in [0.15, 0.2) is 22.8 Å². The van der Waals surface area contributed by atoms with Gasteiger partial charge in [0.2, 0.25) is 5.91 Å². The highest BCUT2D eigenvalue weighted by atomic mass is 19.1. The molecule has 1 aromatic heterocycles. The average molecular weight is 392 g/mol. The maximum atomic E-state index is 12.8. The standard InChI is InChI=1S/C20H29FN4O3/c1-13-6-2-3-7-15(13)19-24-17(12-28-19)18(26)23-9-5-4-8-16(22)20(27)25-10-14(21)11-25/h2-3,12-16H,4-11,22H2,1H3,(H,23,26). The monoisotopic (exact) mass is 392 g/mol. The van der Waals surface area contributed by atoms with Crippen molar-refractivity contribution in [3.63, 3.8) is 0 Å². The number of nitrogens with two attached hydrogens (primary N) is 1. The van der Waals surface area contributed by atoms with E-state index in [1.54, 1.807) is 0 Å². The third-order valence-corrected chi connectivity index (χ3v) is 5.52. The first-order valence-electron chi connectivity index (χ1n) is 10.0. The topological polar surface area (TPSA) is 101 Å². The Labute approximate surface area is 164 Å². The Morgan fingerprint density at radius 3 is 2.82 bits per heavy atom. The lowest BCUT2D eigenvalue weighted by Crippen LogP contribution is -2.56. The maximum absolute atomic E-state index is 12.8. The Morgan fingerprint density at radius 2 is 2.11 bits per heavy atom. The van der Waals surface area contributed by atoms with Crippen LogP contribution in [0.4, 0.5) is 4.39 Å². The van der Waals surface area contributed by atoms with Crippen LogP contribution in [0.3, 0.4) is 0 Å². The predicted octanol–water partition coefficient (Wildman–Crippen LogP) is 2.15. The van der Waals surface area contributed by atoms with E-state index in [1.807, 2.05) is 0 Å². The van der Waals surface area contributed by atoms with Crippen LogP contribution in [0.5, 0.6) is 0 Å². The summed E-state index contributed by atoms with van der Waals surface area (Å²) in [5.74, 6) is 0.819. The van der Waals surface area contributed by atoms with Gasteiger partial charge in [0, 0.05) is 12.5 Å². The number of unbranched alkanes of at least 4 members (excludes halogenated alkanes) is 1. The molecular weight excluding hydrogens is 363 g/mol. The zero-order chi connectivity index (χ0) is 20.1. The molecule has 1 aliphatic carbocycles. The number of allylic oxidation sites excluding steroid dienone is 2. The van der Waals surface area contributed by atoms with E-state index in [9.17, 15) is 14.0 Å². The summed E-state index contributed by atoms with van der Waals surface area (Å²) >= 11 is 0. The van der Waals surface area contributed by atoms with Crippen molar-refractivity contribution in [1.82, 2.24) is 15.2 Å². The smallest absolute Gasteiger partial charge is 0.273 e. The van der Waals surface area contributed by atoms with Gasteiger partial charge in [-0.05, 0) is 38.0 Å². The number of likely N-dealkylation sites (tertiary alicyclic amines) is 1. The molecule has 0 spiro atoms. The van der Waals surface area contributed by atoms with Crippen molar-refractivity contribution in [3.05, 3.63) is 30.0 Å². The van der Waals surface area contributed by atoms with Gasteiger partial charge in [0.15, 0.2) is 11.6 Å². The van der Waals surface area contributed by atoms with Gasteiger partial charge in [-0.1, -0.05) is 19.1 Å². The highest BCUT2D eigenvalue weighted by molar-refractivity contribution is 5.91. The van der Waals surface area contributed by atoms with E-state index in [2.05, 4.69) is 29.4 Å². The molecule has 2 aliphatic rings. The molecule has 0 radical (unpaired) electrons. The van der Waals surface area contributed by atoms with Crippen molar-refractivity contribution in [3.8, 4) is 0 Å². The minimum atomic E-state index is -0.916. The number of carbonyl (C=O) groups excluding carboxylic acids is 2. The van der Waals surface area contributed by atoms with Crippen LogP contribution in [0.25, 0.3) is 0 Å². The molecule has 2 amide bonds. The number of rotatable bonds is 8. The number of hydrogen-bond donors (Lipinski definition) is 2. The van der Waals surface area contributed by atoms with Crippen molar-refractivity contribution in [2.75, 3.05) is 19.6 Å². The largest absolute Gasteiger partial charge is 0.448 e. The minimum absolute atomic E-state index is 0.151. The highest BCUT2D eigenvalue weighted by Gasteiger charge is 2.32. The molecule has 3 atom stereocenters. The third kappa shape index (κ3) is 4.98. The molecule has 1 saturated heterocycles. The van der Waals surface area contributed by atoms with Gasteiger partial charge in [0.05, 0.1) is 19.1 Å². The molecule has 1 aromatic rings. The molecule has 2 heterocycles. The van der Waals surface area contributed by atoms with E-state index in [0.29, 0.717) is 43.3 Å². The Morgan fingerprint density at radius 1 is 1.36 bits per heavy atom. The first-order chi connectivity index (χ1) is 13.5. The molecule has 0 saturated carbocycles. The Balaban J connectivity index is 1.34. The maximum Gasteiger partial charge on any atom is 0.273 e. The van der Waals surface area contributed by atoms with Crippen molar-refractivity contribution in [1.29, 1.82) is 0 Å². The number of nitrogens with one attached hydrogen (secondary N) is 1.